The van der Waals surface area contributed by atoms with E-state index < -0.39 is 0 Å². The lowest BCUT2D eigenvalue weighted by molar-refractivity contribution is -0.121. The van der Waals surface area contributed by atoms with Gasteiger partial charge in [-0.3, -0.25) is 4.79 Å². The minimum Gasteiger partial charge on any atom is -0.393 e. The summed E-state index contributed by atoms with van der Waals surface area (Å²) in [6.07, 6.45) is 8.73. The van der Waals surface area contributed by atoms with Crippen molar-refractivity contribution in [2.45, 2.75) is 77.4 Å². The number of unbranched alkanes of at least 4 members (excludes halogenated alkanes) is 4. The number of carbonyl (C=O) groups is 1. The summed E-state index contributed by atoms with van der Waals surface area (Å²) in [5, 5.41) is 12.8. The van der Waals surface area contributed by atoms with Crippen LogP contribution in [-0.2, 0) is 11.3 Å². The summed E-state index contributed by atoms with van der Waals surface area (Å²) in [4.78, 5) is 11.7. The van der Waals surface area contributed by atoms with E-state index in [0.717, 1.165) is 31.2 Å². The molecule has 1 atom stereocenters. The van der Waals surface area contributed by atoms with Crippen molar-refractivity contribution in [2.24, 2.45) is 0 Å². The zero-order valence-electron chi connectivity index (χ0n) is 13.9. The van der Waals surface area contributed by atoms with Gasteiger partial charge in [0.05, 0.1) is 6.10 Å². The van der Waals surface area contributed by atoms with E-state index in [4.69, 9.17) is 0 Å². The number of hydrogen-bond donors (Lipinski definition) is 2. The Balaban J connectivity index is 1.99. The smallest absolute Gasteiger partial charge is 0.220 e. The fraction of sp³-hybridized carbons (Fsp3) is 0.632. The van der Waals surface area contributed by atoms with Crippen molar-refractivity contribution >= 4 is 5.91 Å². The summed E-state index contributed by atoms with van der Waals surface area (Å²) in [5.41, 5.74) is 1.11. The van der Waals surface area contributed by atoms with E-state index in [0.29, 0.717) is 13.0 Å². The second-order valence-corrected chi connectivity index (χ2v) is 6.01. The number of rotatable bonds is 12. The molecule has 1 unspecified atom stereocenters. The Morgan fingerprint density at radius 1 is 1.05 bits per heavy atom. The molecule has 0 heterocycles. The Kier molecular flexibility index (Phi) is 10.4. The van der Waals surface area contributed by atoms with Crippen LogP contribution < -0.4 is 5.32 Å². The Hall–Kier alpha value is -1.35. The first kappa shape index (κ1) is 18.7. The normalized spacial score (nSPS) is 12.1. The van der Waals surface area contributed by atoms with Crippen LogP contribution in [0.4, 0.5) is 0 Å². The van der Waals surface area contributed by atoms with E-state index in [9.17, 15) is 9.90 Å². The average Bonchev–Trinajstić information content (AvgIpc) is 2.54. The highest BCUT2D eigenvalue weighted by atomic mass is 16.3. The van der Waals surface area contributed by atoms with Crippen molar-refractivity contribution in [3.8, 4) is 0 Å². The molecule has 0 aromatic heterocycles. The molecule has 22 heavy (non-hydrogen) atoms. The zero-order chi connectivity index (χ0) is 16.0. The predicted molar refractivity (Wildman–Crippen MR) is 91.5 cm³/mol. The summed E-state index contributed by atoms with van der Waals surface area (Å²) >= 11 is 0. The minimum absolute atomic E-state index is 0.0685. The molecule has 1 amide bonds. The molecule has 0 spiro atoms. The van der Waals surface area contributed by atoms with Gasteiger partial charge in [0.1, 0.15) is 0 Å². The van der Waals surface area contributed by atoms with Crippen LogP contribution in [0.5, 0.6) is 0 Å². The Morgan fingerprint density at radius 3 is 2.45 bits per heavy atom. The highest BCUT2D eigenvalue weighted by molar-refractivity contribution is 5.75. The maximum Gasteiger partial charge on any atom is 0.220 e. The average molecular weight is 305 g/mol. The molecule has 0 bridgehead atoms. The highest BCUT2D eigenvalue weighted by Crippen LogP contribution is 2.11. The third-order valence-corrected chi connectivity index (χ3v) is 3.91. The molecular weight excluding hydrogens is 274 g/mol. The maximum atomic E-state index is 11.7. The fourth-order valence-corrected chi connectivity index (χ4v) is 2.51. The number of nitrogens with one attached hydrogen (secondary N) is 1. The minimum atomic E-state index is -0.247. The topological polar surface area (TPSA) is 49.3 Å². The van der Waals surface area contributed by atoms with Crippen LogP contribution in [0.15, 0.2) is 30.3 Å². The van der Waals surface area contributed by atoms with Gasteiger partial charge in [-0.25, -0.2) is 0 Å². The second-order valence-electron chi connectivity index (χ2n) is 6.01. The summed E-state index contributed by atoms with van der Waals surface area (Å²) in [7, 11) is 0. The van der Waals surface area contributed by atoms with Gasteiger partial charge >= 0.3 is 0 Å². The molecule has 1 aromatic rings. The van der Waals surface area contributed by atoms with Gasteiger partial charge in [-0.05, 0) is 24.8 Å². The lowest BCUT2D eigenvalue weighted by atomic mass is 10.0. The van der Waals surface area contributed by atoms with Crippen molar-refractivity contribution in [1.29, 1.82) is 0 Å². The Labute approximate surface area is 135 Å². The van der Waals surface area contributed by atoms with Gasteiger partial charge in [-0.2, -0.15) is 0 Å². The third kappa shape index (κ3) is 9.56. The van der Waals surface area contributed by atoms with Crippen molar-refractivity contribution in [3.63, 3.8) is 0 Å². The molecule has 3 heteroatoms. The van der Waals surface area contributed by atoms with E-state index in [1.54, 1.807) is 0 Å². The van der Waals surface area contributed by atoms with Crippen LogP contribution in [0.2, 0.25) is 0 Å². The van der Waals surface area contributed by atoms with E-state index in [1.807, 2.05) is 30.3 Å². The van der Waals surface area contributed by atoms with Gasteiger partial charge < -0.3 is 10.4 Å². The van der Waals surface area contributed by atoms with E-state index >= 15 is 0 Å². The van der Waals surface area contributed by atoms with Crippen LogP contribution >= 0.6 is 0 Å². The molecule has 0 aliphatic carbocycles. The number of hydrogen-bond acceptors (Lipinski definition) is 2. The fourth-order valence-electron chi connectivity index (χ4n) is 2.51. The van der Waals surface area contributed by atoms with E-state index in [2.05, 4.69) is 12.2 Å². The summed E-state index contributed by atoms with van der Waals surface area (Å²) in [6.45, 7) is 2.79. The van der Waals surface area contributed by atoms with Gasteiger partial charge in [0.15, 0.2) is 0 Å². The third-order valence-electron chi connectivity index (χ3n) is 3.91. The molecule has 0 aliphatic heterocycles. The second kappa shape index (κ2) is 12.2. The van der Waals surface area contributed by atoms with E-state index in [1.165, 1.54) is 25.7 Å². The highest BCUT2D eigenvalue weighted by Gasteiger charge is 2.06. The van der Waals surface area contributed by atoms with Crippen LogP contribution in [0.25, 0.3) is 0 Å². The van der Waals surface area contributed by atoms with Gasteiger partial charge in [-0.1, -0.05) is 69.4 Å². The first-order chi connectivity index (χ1) is 10.7. The van der Waals surface area contributed by atoms with Crippen molar-refractivity contribution in [1.82, 2.24) is 5.32 Å². The molecule has 0 fully saturated rings. The van der Waals surface area contributed by atoms with Crippen LogP contribution in [0.3, 0.4) is 0 Å². The number of amides is 1. The molecule has 1 aromatic carbocycles. The van der Waals surface area contributed by atoms with Crippen LogP contribution in [0, 0.1) is 0 Å². The van der Waals surface area contributed by atoms with Gasteiger partial charge in [0.2, 0.25) is 5.91 Å². The largest absolute Gasteiger partial charge is 0.393 e. The summed E-state index contributed by atoms with van der Waals surface area (Å²) < 4.78 is 0. The molecule has 2 N–H and O–H groups in total. The SMILES string of the molecule is CCCCCCCC(O)CCCC(=O)NCc1ccccc1. The number of carbonyl (C=O) groups excluding carboxylic acids is 1. The lowest BCUT2D eigenvalue weighted by Gasteiger charge is -2.10. The Bertz CT molecular complexity index is 392. The zero-order valence-corrected chi connectivity index (χ0v) is 13.9. The van der Waals surface area contributed by atoms with Gasteiger partial charge in [-0.15, -0.1) is 0 Å². The molecular formula is C19H31NO2. The molecule has 0 saturated heterocycles. The maximum absolute atomic E-state index is 11.7. The van der Waals surface area contributed by atoms with Crippen LogP contribution in [0.1, 0.15) is 70.3 Å². The van der Waals surface area contributed by atoms with Gasteiger partial charge in [0, 0.05) is 13.0 Å². The van der Waals surface area contributed by atoms with Crippen molar-refractivity contribution < 1.29 is 9.90 Å². The molecule has 1 rings (SSSR count). The first-order valence-electron chi connectivity index (χ1n) is 8.71. The predicted octanol–water partition coefficient (Wildman–Crippen LogP) is 4.19. The standard InChI is InChI=1S/C19H31NO2/c1-2-3-4-5-9-13-18(21)14-10-15-19(22)20-16-17-11-7-6-8-12-17/h6-8,11-12,18,21H,2-5,9-10,13-16H2,1H3,(H,20,22). The summed E-state index contributed by atoms with van der Waals surface area (Å²) in [6, 6.07) is 9.91. The number of aliphatic hydroxyl groups excluding tert-OH is 1. The number of benzene rings is 1. The monoisotopic (exact) mass is 305 g/mol. The molecule has 0 saturated carbocycles. The lowest BCUT2D eigenvalue weighted by Crippen LogP contribution is -2.22. The first-order valence-corrected chi connectivity index (χ1v) is 8.71. The van der Waals surface area contributed by atoms with Crippen LogP contribution in [-0.4, -0.2) is 17.1 Å². The molecule has 3 nitrogen and oxygen atoms in total. The summed E-state index contributed by atoms with van der Waals surface area (Å²) in [5.74, 6) is 0.0685. The van der Waals surface area contributed by atoms with Crippen molar-refractivity contribution in [2.75, 3.05) is 0 Å². The number of aliphatic hydroxyl groups is 1. The molecule has 124 valence electrons. The quantitative estimate of drug-likeness (QED) is 0.569. The molecule has 0 aliphatic rings. The van der Waals surface area contributed by atoms with Gasteiger partial charge in [0.25, 0.3) is 0 Å². The Morgan fingerprint density at radius 2 is 1.73 bits per heavy atom. The van der Waals surface area contributed by atoms with Crippen molar-refractivity contribution in [3.05, 3.63) is 35.9 Å². The van der Waals surface area contributed by atoms with E-state index in [-0.39, 0.29) is 12.0 Å². The molecule has 0 radical (unpaired) electrons.